The summed E-state index contributed by atoms with van der Waals surface area (Å²) in [6, 6.07) is 12.4. The van der Waals surface area contributed by atoms with Crippen molar-refractivity contribution in [1.82, 2.24) is 10.3 Å². The third-order valence-electron chi connectivity index (χ3n) is 2.25. The molecule has 0 atom stereocenters. The van der Waals surface area contributed by atoms with E-state index in [1.165, 1.54) is 10.5 Å². The SMILES string of the molecule is CNCc1ccccc1Sc1ccc(Br)cn1. The first-order valence-corrected chi connectivity index (χ1v) is 6.92. The monoisotopic (exact) mass is 308 g/mol. The van der Waals surface area contributed by atoms with Gasteiger partial charge in [-0.1, -0.05) is 30.0 Å². The van der Waals surface area contributed by atoms with Gasteiger partial charge in [0.05, 0.1) is 0 Å². The zero-order valence-electron chi connectivity index (χ0n) is 9.48. The maximum atomic E-state index is 4.37. The molecule has 0 aliphatic rings. The summed E-state index contributed by atoms with van der Waals surface area (Å²) in [7, 11) is 1.96. The molecule has 1 N–H and O–H groups in total. The highest BCUT2D eigenvalue weighted by molar-refractivity contribution is 9.10. The molecule has 2 nitrogen and oxygen atoms in total. The molecule has 88 valence electrons. The predicted octanol–water partition coefficient (Wildman–Crippen LogP) is 3.71. The lowest BCUT2D eigenvalue weighted by Crippen LogP contribution is -2.05. The van der Waals surface area contributed by atoms with Crippen molar-refractivity contribution >= 4 is 27.7 Å². The number of hydrogen-bond acceptors (Lipinski definition) is 3. The van der Waals surface area contributed by atoms with E-state index in [1.54, 1.807) is 11.8 Å². The van der Waals surface area contributed by atoms with Gasteiger partial charge in [0, 0.05) is 22.1 Å². The molecular formula is C13H13BrN2S. The van der Waals surface area contributed by atoms with Crippen molar-refractivity contribution in [1.29, 1.82) is 0 Å². The van der Waals surface area contributed by atoms with Crippen molar-refractivity contribution in [2.24, 2.45) is 0 Å². The van der Waals surface area contributed by atoms with Crippen molar-refractivity contribution in [3.05, 3.63) is 52.6 Å². The second-order valence-corrected chi connectivity index (χ2v) is 5.53. The maximum absolute atomic E-state index is 4.37. The number of pyridine rings is 1. The van der Waals surface area contributed by atoms with Crippen LogP contribution in [0.1, 0.15) is 5.56 Å². The van der Waals surface area contributed by atoms with Gasteiger partial charge in [-0.2, -0.15) is 0 Å². The van der Waals surface area contributed by atoms with E-state index >= 15 is 0 Å². The topological polar surface area (TPSA) is 24.9 Å². The molecule has 0 fully saturated rings. The lowest BCUT2D eigenvalue weighted by molar-refractivity contribution is 0.803. The van der Waals surface area contributed by atoms with Crippen LogP contribution in [-0.4, -0.2) is 12.0 Å². The van der Waals surface area contributed by atoms with Crippen molar-refractivity contribution in [3.8, 4) is 0 Å². The molecule has 1 aromatic carbocycles. The molecule has 0 saturated heterocycles. The highest BCUT2D eigenvalue weighted by Crippen LogP contribution is 2.29. The Morgan fingerprint density at radius 3 is 2.76 bits per heavy atom. The van der Waals surface area contributed by atoms with Crippen molar-refractivity contribution in [2.45, 2.75) is 16.5 Å². The van der Waals surface area contributed by atoms with Crippen LogP contribution in [0.4, 0.5) is 0 Å². The quantitative estimate of drug-likeness (QED) is 0.932. The van der Waals surface area contributed by atoms with Gasteiger partial charge >= 0.3 is 0 Å². The van der Waals surface area contributed by atoms with Crippen molar-refractivity contribution in [3.63, 3.8) is 0 Å². The van der Waals surface area contributed by atoms with E-state index in [9.17, 15) is 0 Å². The first-order chi connectivity index (χ1) is 8.29. The molecule has 0 unspecified atom stereocenters. The lowest BCUT2D eigenvalue weighted by Gasteiger charge is -2.07. The van der Waals surface area contributed by atoms with Crippen LogP contribution in [0.2, 0.25) is 0 Å². The van der Waals surface area contributed by atoms with E-state index in [-0.39, 0.29) is 0 Å². The molecule has 0 aliphatic heterocycles. The maximum Gasteiger partial charge on any atom is 0.101 e. The average Bonchev–Trinajstić information content (AvgIpc) is 2.35. The lowest BCUT2D eigenvalue weighted by atomic mass is 10.2. The molecular weight excluding hydrogens is 296 g/mol. The first kappa shape index (κ1) is 12.6. The Bertz CT molecular complexity index is 485. The summed E-state index contributed by atoms with van der Waals surface area (Å²) in [4.78, 5) is 5.62. The van der Waals surface area contributed by atoms with Crippen LogP contribution in [0.25, 0.3) is 0 Å². The highest BCUT2D eigenvalue weighted by atomic mass is 79.9. The largest absolute Gasteiger partial charge is 0.316 e. The molecule has 0 amide bonds. The van der Waals surface area contributed by atoms with Crippen LogP contribution in [0.3, 0.4) is 0 Å². The summed E-state index contributed by atoms with van der Waals surface area (Å²) in [5.74, 6) is 0. The van der Waals surface area contributed by atoms with Gasteiger partial charge in [-0.25, -0.2) is 4.98 Å². The smallest absolute Gasteiger partial charge is 0.101 e. The van der Waals surface area contributed by atoms with Gasteiger partial charge in [0.1, 0.15) is 5.03 Å². The molecule has 0 radical (unpaired) electrons. The third-order valence-corrected chi connectivity index (χ3v) is 3.79. The van der Waals surface area contributed by atoms with Crippen LogP contribution in [0.5, 0.6) is 0 Å². The molecule has 2 rings (SSSR count). The molecule has 17 heavy (non-hydrogen) atoms. The number of rotatable bonds is 4. The fraction of sp³-hybridized carbons (Fsp3) is 0.154. The van der Waals surface area contributed by atoms with Crippen LogP contribution in [-0.2, 0) is 6.54 Å². The van der Waals surface area contributed by atoms with Crippen LogP contribution in [0.15, 0.2) is 57.0 Å². The molecule has 1 heterocycles. The molecule has 0 spiro atoms. The molecule has 0 saturated carbocycles. The Labute approximate surface area is 114 Å². The van der Waals surface area contributed by atoms with E-state index in [0.29, 0.717) is 0 Å². The zero-order valence-corrected chi connectivity index (χ0v) is 11.9. The zero-order chi connectivity index (χ0) is 12.1. The normalized spacial score (nSPS) is 10.5. The molecule has 4 heteroatoms. The number of nitrogens with zero attached hydrogens (tertiary/aromatic N) is 1. The number of benzene rings is 1. The van der Waals surface area contributed by atoms with Gasteiger partial charge in [-0.3, -0.25) is 0 Å². The minimum absolute atomic E-state index is 0.875. The van der Waals surface area contributed by atoms with E-state index in [1.807, 2.05) is 25.4 Å². The van der Waals surface area contributed by atoms with Crippen LogP contribution < -0.4 is 5.32 Å². The summed E-state index contributed by atoms with van der Waals surface area (Å²) in [5.41, 5.74) is 1.30. The van der Waals surface area contributed by atoms with E-state index in [0.717, 1.165) is 16.0 Å². The Balaban J connectivity index is 2.20. The van der Waals surface area contributed by atoms with Gasteiger partial charge in [0.15, 0.2) is 0 Å². The second-order valence-electron chi connectivity index (χ2n) is 3.55. The summed E-state index contributed by atoms with van der Waals surface area (Å²) >= 11 is 5.08. The molecule has 1 aromatic heterocycles. The Kier molecular flexibility index (Phi) is 4.59. The fourth-order valence-corrected chi connectivity index (χ4v) is 2.59. The number of hydrogen-bond donors (Lipinski definition) is 1. The number of aromatic nitrogens is 1. The number of halogens is 1. The molecule has 0 bridgehead atoms. The van der Waals surface area contributed by atoms with Crippen LogP contribution >= 0.6 is 27.7 Å². The van der Waals surface area contributed by atoms with Crippen molar-refractivity contribution < 1.29 is 0 Å². The fourth-order valence-electron chi connectivity index (χ4n) is 1.48. The second kappa shape index (κ2) is 6.19. The van der Waals surface area contributed by atoms with Gasteiger partial charge in [-0.15, -0.1) is 0 Å². The van der Waals surface area contributed by atoms with Crippen molar-refractivity contribution in [2.75, 3.05) is 7.05 Å². The van der Waals surface area contributed by atoms with E-state index in [2.05, 4.69) is 50.5 Å². The molecule has 0 aliphatic carbocycles. The summed E-state index contributed by atoms with van der Waals surface area (Å²) in [5, 5.41) is 4.19. The summed E-state index contributed by atoms with van der Waals surface area (Å²) in [6.07, 6.45) is 1.82. The van der Waals surface area contributed by atoms with Crippen LogP contribution in [0, 0.1) is 0 Å². The third kappa shape index (κ3) is 3.56. The van der Waals surface area contributed by atoms with E-state index < -0.39 is 0 Å². The standard InChI is InChI=1S/C13H13BrN2S/c1-15-8-10-4-2-3-5-12(10)17-13-7-6-11(14)9-16-13/h2-7,9,15H,8H2,1H3. The van der Waals surface area contributed by atoms with Gasteiger partial charge in [0.25, 0.3) is 0 Å². The van der Waals surface area contributed by atoms with E-state index in [4.69, 9.17) is 0 Å². The average molecular weight is 309 g/mol. The Morgan fingerprint density at radius 2 is 2.06 bits per heavy atom. The first-order valence-electron chi connectivity index (χ1n) is 5.31. The number of nitrogens with one attached hydrogen (secondary N) is 1. The summed E-state index contributed by atoms with van der Waals surface area (Å²) < 4.78 is 1.00. The Hall–Kier alpha value is -0.840. The minimum Gasteiger partial charge on any atom is -0.316 e. The van der Waals surface area contributed by atoms with Gasteiger partial charge in [0.2, 0.25) is 0 Å². The Morgan fingerprint density at radius 1 is 1.24 bits per heavy atom. The highest BCUT2D eigenvalue weighted by Gasteiger charge is 2.03. The predicted molar refractivity (Wildman–Crippen MR) is 75.3 cm³/mol. The van der Waals surface area contributed by atoms with Gasteiger partial charge in [-0.05, 0) is 46.7 Å². The summed E-state index contributed by atoms with van der Waals surface area (Å²) in [6.45, 7) is 0.875. The minimum atomic E-state index is 0.875. The van der Waals surface area contributed by atoms with Gasteiger partial charge < -0.3 is 5.32 Å². The molecule has 2 aromatic rings.